The van der Waals surface area contributed by atoms with Crippen LogP contribution in [0.1, 0.15) is 51.6 Å². The van der Waals surface area contributed by atoms with Gasteiger partial charge in [-0.05, 0) is 44.3 Å². The predicted octanol–water partition coefficient (Wildman–Crippen LogP) is 2.58. The van der Waals surface area contributed by atoms with Crippen LogP contribution in [0.15, 0.2) is 24.3 Å². The Labute approximate surface area is 168 Å². The van der Waals surface area contributed by atoms with Crippen LogP contribution in [-0.2, 0) is 9.59 Å². The van der Waals surface area contributed by atoms with Crippen LogP contribution < -0.4 is 20.7 Å². The van der Waals surface area contributed by atoms with E-state index in [2.05, 4.69) is 22.9 Å². The molecule has 1 unspecified atom stereocenters. The number of hydrogen-bond donors (Lipinski definition) is 3. The van der Waals surface area contributed by atoms with Gasteiger partial charge < -0.3 is 20.7 Å². The van der Waals surface area contributed by atoms with Crippen molar-refractivity contribution < 1.29 is 14.3 Å². The van der Waals surface area contributed by atoms with Gasteiger partial charge in [-0.25, -0.2) is 0 Å². The van der Waals surface area contributed by atoms with E-state index < -0.39 is 6.04 Å². The molecule has 2 rings (SSSR count). The Bertz CT molecular complexity index is 618. The molecule has 0 aliphatic carbocycles. The molecule has 1 aliphatic heterocycles. The lowest BCUT2D eigenvalue weighted by molar-refractivity contribution is -0.123. The topological polar surface area (TPSA) is 79.5 Å². The van der Waals surface area contributed by atoms with Crippen molar-refractivity contribution >= 4 is 24.2 Å². The molecule has 152 valence electrons. The molecule has 1 saturated heterocycles. The highest BCUT2D eigenvalue weighted by Gasteiger charge is 2.28. The van der Waals surface area contributed by atoms with Gasteiger partial charge in [0.05, 0.1) is 19.1 Å². The lowest BCUT2D eigenvalue weighted by Gasteiger charge is -2.34. The molecule has 27 heavy (non-hydrogen) atoms. The number of carbonyl (C=O) groups is 2. The van der Waals surface area contributed by atoms with Gasteiger partial charge in [0.15, 0.2) is 0 Å². The fraction of sp³-hybridized carbons (Fsp3) is 0.600. The monoisotopic (exact) mass is 397 g/mol. The summed E-state index contributed by atoms with van der Waals surface area (Å²) in [6.45, 7) is 8.76. The minimum atomic E-state index is -0.406. The average molecular weight is 398 g/mol. The van der Waals surface area contributed by atoms with Crippen LogP contribution in [0.25, 0.3) is 0 Å². The number of para-hydroxylation sites is 1. The van der Waals surface area contributed by atoms with Crippen molar-refractivity contribution in [2.45, 2.75) is 46.1 Å². The highest BCUT2D eigenvalue weighted by Crippen LogP contribution is 2.29. The van der Waals surface area contributed by atoms with Crippen LogP contribution in [0.3, 0.4) is 0 Å². The second-order valence-corrected chi connectivity index (χ2v) is 7.27. The summed E-state index contributed by atoms with van der Waals surface area (Å²) in [5.41, 5.74) is 0.959. The fourth-order valence-corrected chi connectivity index (χ4v) is 3.32. The van der Waals surface area contributed by atoms with Gasteiger partial charge in [0.2, 0.25) is 11.8 Å². The summed E-state index contributed by atoms with van der Waals surface area (Å²) >= 11 is 0. The lowest BCUT2D eigenvalue weighted by atomic mass is 9.81. The maximum atomic E-state index is 12.5. The number of halogens is 1. The second-order valence-electron chi connectivity index (χ2n) is 7.27. The molecule has 2 amide bonds. The molecule has 1 fully saturated rings. The van der Waals surface area contributed by atoms with E-state index in [1.165, 1.54) is 6.92 Å². The van der Waals surface area contributed by atoms with Crippen molar-refractivity contribution in [1.82, 2.24) is 16.0 Å². The van der Waals surface area contributed by atoms with E-state index in [-0.39, 0.29) is 36.1 Å². The van der Waals surface area contributed by atoms with E-state index in [0.717, 1.165) is 31.5 Å². The highest BCUT2D eigenvalue weighted by molar-refractivity contribution is 5.85. The number of rotatable bonds is 8. The Balaban J connectivity index is 0.00000364. The minimum Gasteiger partial charge on any atom is -0.494 e. The van der Waals surface area contributed by atoms with Crippen molar-refractivity contribution in [2.75, 3.05) is 26.2 Å². The van der Waals surface area contributed by atoms with Crippen LogP contribution in [-0.4, -0.2) is 38.1 Å². The predicted molar refractivity (Wildman–Crippen MR) is 109 cm³/mol. The van der Waals surface area contributed by atoms with Crippen molar-refractivity contribution in [3.63, 3.8) is 0 Å². The Morgan fingerprint density at radius 3 is 2.56 bits per heavy atom. The molecule has 0 radical (unpaired) electrons. The zero-order chi connectivity index (χ0) is 19.0. The molecule has 7 heteroatoms. The molecule has 6 nitrogen and oxygen atoms in total. The highest BCUT2D eigenvalue weighted by atomic mass is 35.5. The number of carbonyl (C=O) groups excluding carboxylic acids is 2. The number of piperidine rings is 1. The number of benzene rings is 1. The maximum absolute atomic E-state index is 12.5. The van der Waals surface area contributed by atoms with Gasteiger partial charge >= 0.3 is 0 Å². The van der Waals surface area contributed by atoms with Gasteiger partial charge in [-0.2, -0.15) is 0 Å². The van der Waals surface area contributed by atoms with Crippen molar-refractivity contribution in [2.24, 2.45) is 5.41 Å². The SMILES string of the molecule is CCOc1ccccc1C(CC(=O)NCC1(C)CCNCC1)NC(C)=O.Cl. The first-order chi connectivity index (χ1) is 12.4. The van der Waals surface area contributed by atoms with E-state index in [0.29, 0.717) is 18.9 Å². The smallest absolute Gasteiger partial charge is 0.222 e. The zero-order valence-corrected chi connectivity index (χ0v) is 17.3. The summed E-state index contributed by atoms with van der Waals surface area (Å²) in [7, 11) is 0. The minimum absolute atomic E-state index is 0. The third kappa shape index (κ3) is 7.39. The standard InChI is InChI=1S/C20H31N3O3.ClH/c1-4-26-18-8-6-5-7-16(18)17(23-15(2)24)13-19(25)22-14-20(3)9-11-21-12-10-20;/h5-8,17,21H,4,9-14H2,1-3H3,(H,22,25)(H,23,24);1H. The first kappa shape index (κ1) is 23.2. The van der Waals surface area contributed by atoms with E-state index in [1.807, 2.05) is 31.2 Å². The molecule has 0 saturated carbocycles. The summed E-state index contributed by atoms with van der Waals surface area (Å²) in [4.78, 5) is 24.2. The van der Waals surface area contributed by atoms with Crippen LogP contribution in [0.5, 0.6) is 5.75 Å². The number of hydrogen-bond acceptors (Lipinski definition) is 4. The van der Waals surface area contributed by atoms with Gasteiger partial charge in [0.1, 0.15) is 5.75 Å². The number of ether oxygens (including phenoxy) is 1. The Kier molecular flexibility index (Phi) is 9.60. The molecule has 0 bridgehead atoms. The van der Waals surface area contributed by atoms with Crippen molar-refractivity contribution in [3.05, 3.63) is 29.8 Å². The summed E-state index contributed by atoms with van der Waals surface area (Å²) in [5.74, 6) is 0.473. The van der Waals surface area contributed by atoms with Gasteiger partial charge in [-0.15, -0.1) is 12.4 Å². The van der Waals surface area contributed by atoms with E-state index in [4.69, 9.17) is 4.74 Å². The average Bonchev–Trinajstić information content (AvgIpc) is 2.61. The molecule has 1 aromatic carbocycles. The number of amides is 2. The Morgan fingerprint density at radius 2 is 1.93 bits per heavy atom. The molecule has 0 aromatic heterocycles. The molecule has 3 N–H and O–H groups in total. The quantitative estimate of drug-likeness (QED) is 0.630. The zero-order valence-electron chi connectivity index (χ0n) is 16.5. The van der Waals surface area contributed by atoms with Gasteiger partial charge in [0.25, 0.3) is 0 Å². The first-order valence-electron chi connectivity index (χ1n) is 9.40. The summed E-state index contributed by atoms with van der Waals surface area (Å²) < 4.78 is 5.66. The van der Waals surface area contributed by atoms with Crippen molar-refractivity contribution in [3.8, 4) is 5.75 Å². The Hall–Kier alpha value is -1.79. The molecular weight excluding hydrogens is 366 g/mol. The van der Waals surface area contributed by atoms with E-state index >= 15 is 0 Å². The summed E-state index contributed by atoms with van der Waals surface area (Å²) in [6.07, 6.45) is 2.29. The van der Waals surface area contributed by atoms with E-state index in [9.17, 15) is 9.59 Å². The van der Waals surface area contributed by atoms with Crippen LogP contribution in [0.2, 0.25) is 0 Å². The van der Waals surface area contributed by atoms with Gasteiger partial charge in [0, 0.05) is 19.0 Å². The second kappa shape index (κ2) is 11.1. The van der Waals surface area contributed by atoms with Crippen LogP contribution >= 0.6 is 12.4 Å². The maximum Gasteiger partial charge on any atom is 0.222 e. The molecule has 1 aliphatic rings. The fourth-order valence-electron chi connectivity index (χ4n) is 3.32. The summed E-state index contributed by atoms with van der Waals surface area (Å²) in [6, 6.07) is 7.13. The molecule has 0 spiro atoms. The Morgan fingerprint density at radius 1 is 1.26 bits per heavy atom. The normalized spacial score (nSPS) is 16.6. The molecule has 1 atom stereocenters. The first-order valence-corrected chi connectivity index (χ1v) is 9.40. The van der Waals surface area contributed by atoms with Crippen LogP contribution in [0.4, 0.5) is 0 Å². The lowest BCUT2D eigenvalue weighted by Crippen LogP contribution is -2.43. The van der Waals surface area contributed by atoms with Gasteiger partial charge in [-0.3, -0.25) is 9.59 Å². The third-order valence-electron chi connectivity index (χ3n) is 4.88. The summed E-state index contributed by atoms with van der Waals surface area (Å²) in [5, 5.41) is 9.29. The third-order valence-corrected chi connectivity index (χ3v) is 4.88. The molecule has 1 heterocycles. The van der Waals surface area contributed by atoms with Crippen LogP contribution in [0, 0.1) is 5.41 Å². The largest absolute Gasteiger partial charge is 0.494 e. The molecular formula is C20H32ClN3O3. The number of nitrogens with one attached hydrogen (secondary N) is 3. The van der Waals surface area contributed by atoms with Crippen molar-refractivity contribution in [1.29, 1.82) is 0 Å². The van der Waals surface area contributed by atoms with E-state index in [1.54, 1.807) is 0 Å². The molecule has 1 aromatic rings. The van der Waals surface area contributed by atoms with Gasteiger partial charge in [-0.1, -0.05) is 25.1 Å².